The van der Waals surface area contributed by atoms with Crippen molar-refractivity contribution < 1.29 is 9.53 Å². The van der Waals surface area contributed by atoms with Crippen LogP contribution < -0.4 is 9.64 Å². The molecule has 2 heterocycles. The number of aromatic nitrogens is 1. The number of anilines is 1. The molecular weight excluding hydrogens is 400 g/mol. The number of thiophene rings is 1. The summed E-state index contributed by atoms with van der Waals surface area (Å²) in [5, 5.41) is 0.650. The highest BCUT2D eigenvalue weighted by molar-refractivity contribution is 7.22. The molecular formula is C20H15ClN2O2S2. The lowest BCUT2D eigenvalue weighted by atomic mass is 10.2. The minimum absolute atomic E-state index is 0.109. The van der Waals surface area contributed by atoms with Crippen molar-refractivity contribution in [1.82, 2.24) is 4.98 Å². The lowest BCUT2D eigenvalue weighted by Gasteiger charge is -2.19. The maximum Gasteiger partial charge on any atom is 0.270 e. The van der Waals surface area contributed by atoms with Crippen LogP contribution in [0.4, 0.5) is 5.13 Å². The lowest BCUT2D eigenvalue weighted by Crippen LogP contribution is -2.29. The van der Waals surface area contributed by atoms with Gasteiger partial charge in [0.15, 0.2) is 5.13 Å². The van der Waals surface area contributed by atoms with Crippen LogP contribution in [0.15, 0.2) is 60.7 Å². The van der Waals surface area contributed by atoms with Crippen LogP contribution in [0.2, 0.25) is 4.34 Å². The first-order chi connectivity index (χ1) is 13.1. The Hall–Kier alpha value is -2.41. The average Bonchev–Trinajstić information content (AvgIpc) is 3.31. The van der Waals surface area contributed by atoms with Gasteiger partial charge in [-0.3, -0.25) is 9.69 Å². The number of methoxy groups -OCH3 is 1. The first kappa shape index (κ1) is 18.0. The van der Waals surface area contributed by atoms with E-state index in [1.54, 1.807) is 24.1 Å². The molecule has 0 unspecified atom stereocenters. The molecule has 0 spiro atoms. The molecule has 1 amide bonds. The number of hydrogen-bond donors (Lipinski definition) is 0. The summed E-state index contributed by atoms with van der Waals surface area (Å²) in [5.41, 5.74) is 1.87. The summed E-state index contributed by atoms with van der Waals surface area (Å²) in [6.45, 7) is 0.437. The molecule has 0 aliphatic carbocycles. The number of thiazole rings is 1. The van der Waals surface area contributed by atoms with Crippen molar-refractivity contribution in [2.45, 2.75) is 6.54 Å². The highest BCUT2D eigenvalue weighted by Gasteiger charge is 2.23. The fourth-order valence-electron chi connectivity index (χ4n) is 2.69. The highest BCUT2D eigenvalue weighted by Crippen LogP contribution is 2.34. The van der Waals surface area contributed by atoms with Crippen molar-refractivity contribution in [3.63, 3.8) is 0 Å². The predicted octanol–water partition coefficient (Wildman–Crippen LogP) is 5.87. The summed E-state index contributed by atoms with van der Waals surface area (Å²) in [6, 6.07) is 19.1. The molecule has 4 rings (SSSR count). The SMILES string of the molecule is COc1ccc2nc(N(Cc3ccccc3)C(=O)c3ccc(Cl)s3)sc2c1. The smallest absolute Gasteiger partial charge is 0.270 e. The van der Waals surface area contributed by atoms with E-state index < -0.39 is 0 Å². The third-order valence-corrected chi connectivity index (χ3v) is 6.29. The van der Waals surface area contributed by atoms with Crippen molar-refractivity contribution in [2.75, 3.05) is 12.0 Å². The molecule has 136 valence electrons. The number of fused-ring (bicyclic) bond motifs is 1. The van der Waals surface area contributed by atoms with Gasteiger partial charge in [0.05, 0.1) is 33.1 Å². The molecule has 7 heteroatoms. The van der Waals surface area contributed by atoms with E-state index in [1.165, 1.54) is 22.7 Å². The van der Waals surface area contributed by atoms with E-state index in [0.29, 0.717) is 20.9 Å². The molecule has 0 bridgehead atoms. The number of halogens is 1. The predicted molar refractivity (Wildman–Crippen MR) is 112 cm³/mol. The summed E-state index contributed by atoms with van der Waals surface area (Å²) in [4.78, 5) is 20.2. The van der Waals surface area contributed by atoms with Gasteiger partial charge in [-0.05, 0) is 35.9 Å². The van der Waals surface area contributed by atoms with Gasteiger partial charge in [-0.2, -0.15) is 0 Å². The largest absolute Gasteiger partial charge is 0.497 e. The van der Waals surface area contributed by atoms with Gasteiger partial charge in [0.25, 0.3) is 5.91 Å². The average molecular weight is 415 g/mol. The topological polar surface area (TPSA) is 42.4 Å². The second-order valence-corrected chi connectivity index (χ2v) is 8.53. The van der Waals surface area contributed by atoms with Gasteiger partial charge < -0.3 is 4.74 Å². The zero-order valence-corrected chi connectivity index (χ0v) is 16.8. The number of benzene rings is 2. The molecule has 0 radical (unpaired) electrons. The second-order valence-electron chi connectivity index (χ2n) is 5.81. The zero-order chi connectivity index (χ0) is 18.8. The summed E-state index contributed by atoms with van der Waals surface area (Å²) in [5.74, 6) is 0.658. The molecule has 0 saturated carbocycles. The third-order valence-electron chi connectivity index (χ3n) is 4.03. The van der Waals surface area contributed by atoms with Crippen LogP contribution >= 0.6 is 34.3 Å². The minimum Gasteiger partial charge on any atom is -0.497 e. The molecule has 0 saturated heterocycles. The molecule has 0 N–H and O–H groups in total. The van der Waals surface area contributed by atoms with Crippen molar-refractivity contribution in [1.29, 1.82) is 0 Å². The van der Waals surface area contributed by atoms with Crippen LogP contribution in [-0.2, 0) is 6.54 Å². The van der Waals surface area contributed by atoms with Crippen molar-refractivity contribution in [3.05, 3.63) is 75.4 Å². The Bertz CT molecular complexity index is 1090. The number of rotatable bonds is 5. The van der Waals surface area contributed by atoms with Crippen LogP contribution in [-0.4, -0.2) is 18.0 Å². The summed E-state index contributed by atoms with van der Waals surface area (Å²) >= 11 is 8.78. The maximum absolute atomic E-state index is 13.2. The Balaban J connectivity index is 1.75. The van der Waals surface area contributed by atoms with Crippen molar-refractivity contribution in [3.8, 4) is 5.75 Å². The Morgan fingerprint density at radius 1 is 1.11 bits per heavy atom. The molecule has 0 fully saturated rings. The molecule has 0 aliphatic heterocycles. The van der Waals surface area contributed by atoms with Crippen LogP contribution in [0.25, 0.3) is 10.2 Å². The van der Waals surface area contributed by atoms with Gasteiger partial charge in [0.1, 0.15) is 5.75 Å². The minimum atomic E-state index is -0.109. The third kappa shape index (κ3) is 3.83. The number of amides is 1. The van der Waals surface area contributed by atoms with Gasteiger partial charge in [-0.15, -0.1) is 11.3 Å². The lowest BCUT2D eigenvalue weighted by molar-refractivity contribution is 0.0989. The summed E-state index contributed by atoms with van der Waals surface area (Å²) < 4.78 is 6.85. The standard InChI is InChI=1S/C20H15ClN2O2S2/c1-25-14-7-8-15-17(11-14)27-20(22-15)23(12-13-5-3-2-4-6-13)19(24)16-9-10-18(21)26-16/h2-11H,12H2,1H3. The Morgan fingerprint density at radius 2 is 1.93 bits per heavy atom. The summed E-state index contributed by atoms with van der Waals surface area (Å²) in [6.07, 6.45) is 0. The number of nitrogens with zero attached hydrogens (tertiary/aromatic N) is 2. The van der Waals surface area contributed by atoms with E-state index in [-0.39, 0.29) is 5.91 Å². The van der Waals surface area contributed by atoms with Gasteiger partial charge >= 0.3 is 0 Å². The van der Waals surface area contributed by atoms with Crippen LogP contribution in [0.1, 0.15) is 15.2 Å². The Morgan fingerprint density at radius 3 is 2.63 bits per heavy atom. The number of carbonyl (C=O) groups excluding carboxylic acids is 1. The van der Waals surface area contributed by atoms with E-state index in [1.807, 2.05) is 48.5 Å². The van der Waals surface area contributed by atoms with E-state index in [4.69, 9.17) is 16.3 Å². The zero-order valence-electron chi connectivity index (χ0n) is 14.4. The number of ether oxygens (including phenoxy) is 1. The van der Waals surface area contributed by atoms with E-state index in [2.05, 4.69) is 4.98 Å². The fourth-order valence-corrected chi connectivity index (χ4v) is 4.67. The van der Waals surface area contributed by atoms with Crippen molar-refractivity contribution >= 4 is 55.5 Å². The molecule has 0 aliphatic rings. The first-order valence-corrected chi connectivity index (χ1v) is 10.2. The monoisotopic (exact) mass is 414 g/mol. The van der Waals surface area contributed by atoms with Crippen LogP contribution in [0.5, 0.6) is 5.75 Å². The van der Waals surface area contributed by atoms with Gasteiger partial charge in [-0.1, -0.05) is 53.3 Å². The van der Waals surface area contributed by atoms with Crippen molar-refractivity contribution in [2.24, 2.45) is 0 Å². The Kier molecular flexibility index (Phi) is 5.11. The number of hydrogen-bond acceptors (Lipinski definition) is 5. The van der Waals surface area contributed by atoms with Gasteiger partial charge in [0, 0.05) is 0 Å². The number of carbonyl (C=O) groups is 1. The van der Waals surface area contributed by atoms with Gasteiger partial charge in [0.2, 0.25) is 0 Å². The van der Waals surface area contributed by atoms with E-state index in [0.717, 1.165) is 21.5 Å². The molecule has 4 nitrogen and oxygen atoms in total. The Labute approximate surface area is 169 Å². The van der Waals surface area contributed by atoms with Crippen LogP contribution in [0.3, 0.4) is 0 Å². The van der Waals surface area contributed by atoms with Crippen LogP contribution in [0, 0.1) is 0 Å². The molecule has 2 aromatic heterocycles. The van der Waals surface area contributed by atoms with E-state index >= 15 is 0 Å². The maximum atomic E-state index is 13.2. The quantitative estimate of drug-likeness (QED) is 0.410. The highest BCUT2D eigenvalue weighted by atomic mass is 35.5. The first-order valence-electron chi connectivity index (χ1n) is 8.20. The molecule has 27 heavy (non-hydrogen) atoms. The van der Waals surface area contributed by atoms with Gasteiger partial charge in [-0.25, -0.2) is 4.98 Å². The normalized spacial score (nSPS) is 10.9. The molecule has 2 aromatic carbocycles. The molecule has 0 atom stereocenters. The summed E-state index contributed by atoms with van der Waals surface area (Å²) in [7, 11) is 1.63. The fraction of sp³-hybridized carbons (Fsp3) is 0.100. The second kappa shape index (κ2) is 7.68. The molecule has 4 aromatic rings. The van der Waals surface area contributed by atoms with E-state index in [9.17, 15) is 4.79 Å².